The first-order valence-corrected chi connectivity index (χ1v) is 10.2. The highest BCUT2D eigenvalue weighted by Gasteiger charge is 2.27. The Morgan fingerprint density at radius 3 is 2.66 bits per heavy atom. The normalized spacial score (nSPS) is 17.2. The number of aryl methyl sites for hydroxylation is 1. The van der Waals surface area contributed by atoms with Gasteiger partial charge in [0.2, 0.25) is 5.91 Å². The third kappa shape index (κ3) is 3.71. The molecule has 1 saturated carbocycles. The number of amides is 1. The minimum atomic E-state index is -0.172. The van der Waals surface area contributed by atoms with Gasteiger partial charge < -0.3 is 14.2 Å². The van der Waals surface area contributed by atoms with Crippen LogP contribution in [0.5, 0.6) is 0 Å². The zero-order chi connectivity index (χ0) is 20.0. The van der Waals surface area contributed by atoms with E-state index in [-0.39, 0.29) is 18.1 Å². The quantitative estimate of drug-likeness (QED) is 0.671. The minimum absolute atomic E-state index is 0.0383. The summed E-state index contributed by atoms with van der Waals surface area (Å²) in [6.07, 6.45) is 2.38. The Balaban J connectivity index is 1.20. The third-order valence-corrected chi connectivity index (χ3v) is 5.87. The maximum atomic E-state index is 14.2. The first-order valence-electron chi connectivity index (χ1n) is 10.2. The van der Waals surface area contributed by atoms with E-state index < -0.39 is 0 Å². The van der Waals surface area contributed by atoms with Crippen LogP contribution in [-0.2, 0) is 11.2 Å². The lowest BCUT2D eigenvalue weighted by Crippen LogP contribution is -2.49. The van der Waals surface area contributed by atoms with Gasteiger partial charge in [-0.15, -0.1) is 0 Å². The van der Waals surface area contributed by atoms with Gasteiger partial charge in [0.15, 0.2) is 5.58 Å². The molecule has 0 atom stereocenters. The van der Waals surface area contributed by atoms with E-state index in [1.54, 1.807) is 0 Å². The molecular formula is C23H24FN3O2. The Kier molecular flexibility index (Phi) is 4.49. The van der Waals surface area contributed by atoms with E-state index in [0.29, 0.717) is 38.1 Å². The second-order valence-electron chi connectivity index (χ2n) is 8.14. The Labute approximate surface area is 169 Å². The van der Waals surface area contributed by atoms with E-state index in [1.807, 2.05) is 42.2 Å². The Morgan fingerprint density at radius 1 is 1.14 bits per heavy atom. The van der Waals surface area contributed by atoms with Crippen LogP contribution in [0.3, 0.4) is 0 Å². The average molecular weight is 393 g/mol. The number of piperazine rings is 1. The maximum absolute atomic E-state index is 14.2. The molecule has 6 heteroatoms. The molecule has 2 fully saturated rings. The molecule has 1 aliphatic heterocycles. The number of aromatic nitrogens is 1. The van der Waals surface area contributed by atoms with Crippen molar-refractivity contribution >= 4 is 23.0 Å². The molecule has 0 unspecified atom stereocenters. The van der Waals surface area contributed by atoms with E-state index in [0.717, 1.165) is 40.6 Å². The lowest BCUT2D eigenvalue weighted by Gasteiger charge is -2.33. The Hall–Kier alpha value is -2.89. The van der Waals surface area contributed by atoms with E-state index in [2.05, 4.69) is 9.88 Å². The van der Waals surface area contributed by atoms with Crippen molar-refractivity contribution in [2.45, 2.75) is 32.1 Å². The number of anilines is 1. The van der Waals surface area contributed by atoms with Crippen molar-refractivity contribution in [3.05, 3.63) is 58.9 Å². The number of benzene rings is 2. The first kappa shape index (κ1) is 18.2. The number of halogens is 1. The Morgan fingerprint density at radius 2 is 1.93 bits per heavy atom. The summed E-state index contributed by atoms with van der Waals surface area (Å²) in [4.78, 5) is 21.2. The number of nitrogens with zero attached hydrogens (tertiary/aromatic N) is 3. The largest absolute Gasteiger partial charge is 0.423 e. The molecule has 0 bridgehead atoms. The van der Waals surface area contributed by atoms with Gasteiger partial charge in [0.05, 0.1) is 6.42 Å². The van der Waals surface area contributed by atoms with Gasteiger partial charge >= 0.3 is 0 Å². The number of fused-ring (bicyclic) bond motifs is 1. The fourth-order valence-corrected chi connectivity index (χ4v) is 3.99. The summed E-state index contributed by atoms with van der Waals surface area (Å²) in [5, 5.41) is 0. The molecule has 2 aromatic carbocycles. The monoisotopic (exact) mass is 393 g/mol. The molecule has 3 aromatic rings. The van der Waals surface area contributed by atoms with E-state index in [9.17, 15) is 9.18 Å². The molecular weight excluding hydrogens is 369 g/mol. The molecule has 0 spiro atoms. The van der Waals surface area contributed by atoms with Gasteiger partial charge in [0.25, 0.3) is 6.01 Å². The van der Waals surface area contributed by atoms with Crippen LogP contribution in [0.25, 0.3) is 11.1 Å². The summed E-state index contributed by atoms with van der Waals surface area (Å²) in [6.45, 7) is 4.59. The lowest BCUT2D eigenvalue weighted by atomic mass is 10.0. The van der Waals surface area contributed by atoms with Crippen molar-refractivity contribution in [2.75, 3.05) is 31.1 Å². The smallest absolute Gasteiger partial charge is 0.298 e. The highest BCUT2D eigenvalue weighted by molar-refractivity contribution is 5.79. The zero-order valence-corrected chi connectivity index (χ0v) is 16.5. The standard InChI is InChI=1S/C23H24FN3O2/c1-15-2-7-20-21(12-15)29-23(25-20)27-10-8-26(9-11-27)22(28)14-16-3-6-18(17-4-5-17)19(24)13-16/h2-3,6-7,12-13,17H,4-5,8-11,14H2,1H3. The number of rotatable bonds is 4. The average Bonchev–Trinajstić information content (AvgIpc) is 3.46. The second kappa shape index (κ2) is 7.17. The van der Waals surface area contributed by atoms with Crippen LogP contribution in [0.2, 0.25) is 0 Å². The van der Waals surface area contributed by atoms with Gasteiger partial charge in [-0.05, 0) is 60.6 Å². The van der Waals surface area contributed by atoms with E-state index in [1.165, 1.54) is 6.07 Å². The summed E-state index contributed by atoms with van der Waals surface area (Å²) < 4.78 is 20.1. The van der Waals surface area contributed by atoms with Crippen molar-refractivity contribution in [3.63, 3.8) is 0 Å². The van der Waals surface area contributed by atoms with Crippen LogP contribution >= 0.6 is 0 Å². The van der Waals surface area contributed by atoms with Gasteiger partial charge in [-0.1, -0.05) is 18.2 Å². The molecule has 5 nitrogen and oxygen atoms in total. The van der Waals surface area contributed by atoms with Crippen molar-refractivity contribution in [1.82, 2.24) is 9.88 Å². The van der Waals surface area contributed by atoms with Crippen LogP contribution in [0.15, 0.2) is 40.8 Å². The maximum Gasteiger partial charge on any atom is 0.298 e. The minimum Gasteiger partial charge on any atom is -0.423 e. The molecule has 2 aliphatic rings. The number of oxazole rings is 1. The number of hydrogen-bond donors (Lipinski definition) is 0. The molecule has 29 heavy (non-hydrogen) atoms. The van der Waals surface area contributed by atoms with Crippen molar-refractivity contribution in [1.29, 1.82) is 0 Å². The lowest BCUT2D eigenvalue weighted by molar-refractivity contribution is -0.130. The predicted molar refractivity (Wildman–Crippen MR) is 110 cm³/mol. The molecule has 150 valence electrons. The highest BCUT2D eigenvalue weighted by Crippen LogP contribution is 2.41. The SMILES string of the molecule is Cc1ccc2nc(N3CCN(C(=O)Cc4ccc(C5CC5)c(F)c4)CC3)oc2c1. The van der Waals surface area contributed by atoms with E-state index >= 15 is 0 Å². The first-order chi connectivity index (χ1) is 14.1. The van der Waals surface area contributed by atoms with Gasteiger partial charge in [0.1, 0.15) is 11.3 Å². The summed E-state index contributed by atoms with van der Waals surface area (Å²) in [7, 11) is 0. The molecule has 1 aromatic heterocycles. The number of carbonyl (C=O) groups is 1. The fraction of sp³-hybridized carbons (Fsp3) is 0.391. The molecule has 1 aliphatic carbocycles. The van der Waals surface area contributed by atoms with Crippen molar-refractivity contribution in [2.24, 2.45) is 0 Å². The van der Waals surface area contributed by atoms with Crippen LogP contribution in [0.1, 0.15) is 35.4 Å². The van der Waals surface area contributed by atoms with E-state index in [4.69, 9.17) is 4.42 Å². The summed E-state index contributed by atoms with van der Waals surface area (Å²) in [5.41, 5.74) is 4.31. The molecule has 1 amide bonds. The number of hydrogen-bond acceptors (Lipinski definition) is 4. The van der Waals surface area contributed by atoms with Crippen molar-refractivity contribution in [3.8, 4) is 0 Å². The van der Waals surface area contributed by atoms with Crippen LogP contribution < -0.4 is 4.90 Å². The van der Waals surface area contributed by atoms with Crippen LogP contribution in [-0.4, -0.2) is 42.0 Å². The second-order valence-corrected chi connectivity index (χ2v) is 8.14. The fourth-order valence-electron chi connectivity index (χ4n) is 3.99. The van der Waals surface area contributed by atoms with Gasteiger partial charge in [0, 0.05) is 26.2 Å². The highest BCUT2D eigenvalue weighted by atomic mass is 19.1. The van der Waals surface area contributed by atoms with Crippen LogP contribution in [0.4, 0.5) is 10.4 Å². The molecule has 5 rings (SSSR count). The van der Waals surface area contributed by atoms with Crippen molar-refractivity contribution < 1.29 is 13.6 Å². The number of carbonyl (C=O) groups excluding carboxylic acids is 1. The summed E-state index contributed by atoms with van der Waals surface area (Å²) >= 11 is 0. The third-order valence-electron chi connectivity index (χ3n) is 5.87. The zero-order valence-electron chi connectivity index (χ0n) is 16.5. The van der Waals surface area contributed by atoms with Crippen LogP contribution in [0, 0.1) is 12.7 Å². The summed E-state index contributed by atoms with van der Waals surface area (Å²) in [6, 6.07) is 11.8. The topological polar surface area (TPSA) is 49.6 Å². The van der Waals surface area contributed by atoms with Gasteiger partial charge in [-0.2, -0.15) is 4.98 Å². The molecule has 2 heterocycles. The van der Waals surface area contributed by atoms with Gasteiger partial charge in [-0.3, -0.25) is 4.79 Å². The molecule has 0 radical (unpaired) electrons. The van der Waals surface area contributed by atoms with Gasteiger partial charge in [-0.25, -0.2) is 4.39 Å². The summed E-state index contributed by atoms with van der Waals surface area (Å²) in [5.74, 6) is 0.244. The molecule has 0 N–H and O–H groups in total. The Bertz CT molecular complexity index is 1070. The predicted octanol–water partition coefficient (Wildman–Crippen LogP) is 4.04. The molecule has 1 saturated heterocycles.